The Morgan fingerprint density at radius 1 is 1.28 bits per heavy atom. The smallest absolute Gasteiger partial charge is 0.228 e. The highest BCUT2D eigenvalue weighted by Crippen LogP contribution is 2.32. The highest BCUT2D eigenvalue weighted by atomic mass is 32.2. The van der Waals surface area contributed by atoms with Gasteiger partial charge in [-0.2, -0.15) is 0 Å². The minimum absolute atomic E-state index is 0.0474. The summed E-state index contributed by atoms with van der Waals surface area (Å²) >= 11 is 0. The van der Waals surface area contributed by atoms with Crippen molar-refractivity contribution in [1.29, 1.82) is 0 Å². The van der Waals surface area contributed by atoms with Gasteiger partial charge in [-0.05, 0) is 43.4 Å². The Bertz CT molecular complexity index is 1070. The molecule has 32 heavy (non-hydrogen) atoms. The van der Waals surface area contributed by atoms with Crippen molar-refractivity contribution in [3.8, 4) is 0 Å². The zero-order chi connectivity index (χ0) is 22.7. The second-order valence-corrected chi connectivity index (χ2v) is 10.3. The zero-order valence-corrected chi connectivity index (χ0v) is 18.8. The number of imidazole rings is 1. The molecule has 1 aromatic heterocycles. The van der Waals surface area contributed by atoms with Crippen molar-refractivity contribution < 1.29 is 22.3 Å². The number of carbonyl (C=O) groups is 1. The first-order valence-electron chi connectivity index (χ1n) is 10.9. The van der Waals surface area contributed by atoms with Crippen LogP contribution in [0, 0.1) is 11.7 Å². The van der Waals surface area contributed by atoms with Crippen LogP contribution in [0.2, 0.25) is 0 Å². The summed E-state index contributed by atoms with van der Waals surface area (Å²) in [7, 11) is -3.80. The molecule has 1 saturated heterocycles. The molecule has 2 aliphatic rings. The van der Waals surface area contributed by atoms with E-state index in [1.54, 1.807) is 15.5 Å². The molecule has 1 saturated carbocycles. The Morgan fingerprint density at radius 3 is 2.66 bits per heavy atom. The van der Waals surface area contributed by atoms with E-state index in [9.17, 15) is 17.6 Å². The summed E-state index contributed by atoms with van der Waals surface area (Å²) in [5, 5.41) is -0.0512. The summed E-state index contributed by atoms with van der Waals surface area (Å²) in [5.74, 6) is -0.597. The Balaban J connectivity index is 1.63. The van der Waals surface area contributed by atoms with Gasteiger partial charge in [-0.15, -0.1) is 6.58 Å². The lowest BCUT2D eigenvalue weighted by Crippen LogP contribution is -2.33. The molecule has 1 aromatic carbocycles. The lowest BCUT2D eigenvalue weighted by Gasteiger charge is -2.23. The fraction of sp³-hybridized carbons (Fsp3) is 0.478. The van der Waals surface area contributed by atoms with E-state index in [0.29, 0.717) is 31.0 Å². The van der Waals surface area contributed by atoms with Gasteiger partial charge in [-0.25, -0.2) is 17.8 Å². The number of benzene rings is 1. The molecule has 2 aromatic rings. The first kappa shape index (κ1) is 22.7. The van der Waals surface area contributed by atoms with Crippen LogP contribution in [0.25, 0.3) is 0 Å². The lowest BCUT2D eigenvalue weighted by atomic mass is 10.2. The SMILES string of the molecule is C=CCN(Cc1cnc(S(=O)(=O)Cc2ccc(F)cc2)n1CC1CCCO1)C(=O)C1CC1. The van der Waals surface area contributed by atoms with Crippen LogP contribution >= 0.6 is 0 Å². The second-order valence-electron chi connectivity index (χ2n) is 8.45. The summed E-state index contributed by atoms with van der Waals surface area (Å²) in [5.41, 5.74) is 1.13. The Kier molecular flexibility index (Phi) is 6.76. The summed E-state index contributed by atoms with van der Waals surface area (Å²) in [6, 6.07) is 5.40. The van der Waals surface area contributed by atoms with Crippen LogP contribution in [0.3, 0.4) is 0 Å². The molecule has 1 unspecified atom stereocenters. The highest BCUT2D eigenvalue weighted by Gasteiger charge is 2.34. The molecule has 0 spiro atoms. The molecule has 172 valence electrons. The van der Waals surface area contributed by atoms with Gasteiger partial charge in [-0.1, -0.05) is 18.2 Å². The number of rotatable bonds is 10. The van der Waals surface area contributed by atoms with Crippen LogP contribution in [-0.2, 0) is 38.2 Å². The predicted molar refractivity (Wildman–Crippen MR) is 117 cm³/mol. The van der Waals surface area contributed by atoms with Crippen molar-refractivity contribution in [2.75, 3.05) is 13.2 Å². The van der Waals surface area contributed by atoms with Crippen LogP contribution < -0.4 is 0 Å². The molecule has 1 atom stereocenters. The van der Waals surface area contributed by atoms with Crippen molar-refractivity contribution in [3.63, 3.8) is 0 Å². The van der Waals surface area contributed by atoms with Gasteiger partial charge in [0.2, 0.25) is 20.9 Å². The van der Waals surface area contributed by atoms with Crippen molar-refractivity contribution in [1.82, 2.24) is 14.5 Å². The van der Waals surface area contributed by atoms with E-state index in [2.05, 4.69) is 11.6 Å². The molecule has 7 nitrogen and oxygen atoms in total. The number of halogens is 1. The van der Waals surface area contributed by atoms with Gasteiger partial charge in [-0.3, -0.25) is 4.79 Å². The molecule has 9 heteroatoms. The van der Waals surface area contributed by atoms with Crippen LogP contribution in [0.15, 0.2) is 48.3 Å². The molecule has 0 radical (unpaired) electrons. The molecule has 2 fully saturated rings. The van der Waals surface area contributed by atoms with Crippen LogP contribution in [0.1, 0.15) is 36.9 Å². The largest absolute Gasteiger partial charge is 0.376 e. The average molecular weight is 462 g/mol. The monoisotopic (exact) mass is 461 g/mol. The third-order valence-corrected chi connectivity index (χ3v) is 7.40. The van der Waals surface area contributed by atoms with Gasteiger partial charge in [0.05, 0.1) is 36.8 Å². The topological polar surface area (TPSA) is 81.5 Å². The average Bonchev–Trinajstić information content (AvgIpc) is 3.34. The van der Waals surface area contributed by atoms with E-state index < -0.39 is 15.7 Å². The number of amides is 1. The van der Waals surface area contributed by atoms with E-state index in [4.69, 9.17) is 4.74 Å². The number of nitrogens with zero attached hydrogens (tertiary/aromatic N) is 3. The highest BCUT2D eigenvalue weighted by molar-refractivity contribution is 7.90. The molecule has 2 heterocycles. The maximum absolute atomic E-state index is 13.2. The number of ether oxygens (including phenoxy) is 1. The van der Waals surface area contributed by atoms with Gasteiger partial charge < -0.3 is 14.2 Å². The zero-order valence-electron chi connectivity index (χ0n) is 18.0. The van der Waals surface area contributed by atoms with Gasteiger partial charge in [0.15, 0.2) is 0 Å². The molecular weight excluding hydrogens is 433 g/mol. The standard InChI is InChI=1S/C23H28FN3O4S/c1-2-11-26(22(28)18-7-8-18)14-20-13-25-23(27(20)15-21-4-3-12-31-21)32(29,30)16-17-5-9-19(24)10-6-17/h2,5-6,9-10,13,18,21H,1,3-4,7-8,11-12,14-16H2. The molecule has 1 aliphatic heterocycles. The summed E-state index contributed by atoms with van der Waals surface area (Å²) in [4.78, 5) is 18.7. The van der Waals surface area contributed by atoms with Gasteiger partial charge in [0, 0.05) is 19.1 Å². The molecular formula is C23H28FN3O4S. The van der Waals surface area contributed by atoms with Gasteiger partial charge >= 0.3 is 0 Å². The van der Waals surface area contributed by atoms with E-state index in [1.165, 1.54) is 30.5 Å². The number of carbonyl (C=O) groups excluding carboxylic acids is 1. The molecule has 1 amide bonds. The van der Waals surface area contributed by atoms with Gasteiger partial charge in [0.25, 0.3) is 0 Å². The fourth-order valence-corrected chi connectivity index (χ4v) is 5.49. The fourth-order valence-electron chi connectivity index (χ4n) is 3.99. The quantitative estimate of drug-likeness (QED) is 0.508. The maximum atomic E-state index is 13.2. The maximum Gasteiger partial charge on any atom is 0.228 e. The van der Waals surface area contributed by atoms with E-state index in [1.807, 2.05) is 0 Å². The van der Waals surface area contributed by atoms with Crippen molar-refractivity contribution in [2.24, 2.45) is 5.92 Å². The third-order valence-electron chi connectivity index (χ3n) is 5.80. The number of aromatic nitrogens is 2. The lowest BCUT2D eigenvalue weighted by molar-refractivity contribution is -0.132. The minimum atomic E-state index is -3.80. The Hall–Kier alpha value is -2.52. The Labute approximate surface area is 187 Å². The first-order valence-corrected chi connectivity index (χ1v) is 12.6. The third kappa shape index (κ3) is 5.27. The van der Waals surface area contributed by atoms with E-state index >= 15 is 0 Å². The van der Waals surface area contributed by atoms with E-state index in [0.717, 1.165) is 25.7 Å². The van der Waals surface area contributed by atoms with E-state index in [-0.39, 0.29) is 35.4 Å². The molecule has 0 bridgehead atoms. The summed E-state index contributed by atoms with van der Waals surface area (Å²) in [6.07, 6.45) is 6.64. The normalized spacial score (nSPS) is 18.6. The molecule has 0 N–H and O–H groups in total. The van der Waals surface area contributed by atoms with Crippen molar-refractivity contribution in [3.05, 3.63) is 60.2 Å². The van der Waals surface area contributed by atoms with Crippen LogP contribution in [0.4, 0.5) is 4.39 Å². The molecule has 4 rings (SSSR count). The van der Waals surface area contributed by atoms with Gasteiger partial charge in [0.1, 0.15) is 5.82 Å². The second kappa shape index (κ2) is 9.54. The number of hydrogen-bond acceptors (Lipinski definition) is 5. The van der Waals surface area contributed by atoms with Crippen molar-refractivity contribution in [2.45, 2.75) is 55.8 Å². The Morgan fingerprint density at radius 2 is 2.03 bits per heavy atom. The van der Waals surface area contributed by atoms with Crippen LogP contribution in [-0.4, -0.2) is 48.0 Å². The predicted octanol–water partition coefficient (Wildman–Crippen LogP) is 3.10. The summed E-state index contributed by atoms with van der Waals surface area (Å²) < 4.78 is 47.1. The first-order chi connectivity index (χ1) is 15.4. The molecule has 1 aliphatic carbocycles. The number of hydrogen-bond donors (Lipinski definition) is 0. The number of sulfone groups is 1. The van der Waals surface area contributed by atoms with Crippen LogP contribution in [0.5, 0.6) is 0 Å². The minimum Gasteiger partial charge on any atom is -0.376 e. The van der Waals surface area contributed by atoms with Crippen molar-refractivity contribution >= 4 is 15.7 Å². The summed E-state index contributed by atoms with van der Waals surface area (Å²) in [6.45, 7) is 5.39.